The molecule has 1 aromatic heterocycles. The number of pyridine rings is 1. The van der Waals surface area contributed by atoms with Crippen molar-refractivity contribution >= 4 is 5.91 Å². The number of amides is 1. The second-order valence-electron chi connectivity index (χ2n) is 7.82. The number of ether oxygens (including phenoxy) is 2. The maximum atomic E-state index is 12.8. The van der Waals surface area contributed by atoms with Crippen LogP contribution in [0.2, 0.25) is 0 Å². The van der Waals surface area contributed by atoms with Crippen LogP contribution in [0.4, 0.5) is 0 Å². The molecular weight excluding hydrogens is 366 g/mol. The molecule has 1 N–H and O–H groups in total. The van der Waals surface area contributed by atoms with Crippen molar-refractivity contribution in [3.8, 4) is 11.5 Å². The zero-order valence-corrected chi connectivity index (χ0v) is 17.0. The van der Waals surface area contributed by atoms with Crippen LogP contribution in [0.3, 0.4) is 0 Å². The maximum Gasteiger partial charge on any atom is 0.223 e. The fraction of sp³-hybridized carbons (Fsp3) is 0.478. The van der Waals surface area contributed by atoms with E-state index in [1.54, 1.807) is 0 Å². The zero-order chi connectivity index (χ0) is 20.1. The Morgan fingerprint density at radius 1 is 1.17 bits per heavy atom. The first kappa shape index (κ1) is 19.7. The Balaban J connectivity index is 1.24. The van der Waals surface area contributed by atoms with Crippen LogP contribution in [0, 0.1) is 5.92 Å². The van der Waals surface area contributed by atoms with Gasteiger partial charge in [-0.15, -0.1) is 0 Å². The number of piperidine rings is 1. The van der Waals surface area contributed by atoms with Crippen molar-refractivity contribution in [2.75, 3.05) is 32.8 Å². The van der Waals surface area contributed by atoms with Crippen molar-refractivity contribution in [1.29, 1.82) is 0 Å². The molecule has 154 valence electrons. The lowest BCUT2D eigenvalue weighted by atomic mass is 9.95. The number of likely N-dealkylation sites (tertiary alicyclic amines) is 1. The van der Waals surface area contributed by atoms with Crippen molar-refractivity contribution in [3.63, 3.8) is 0 Å². The van der Waals surface area contributed by atoms with Gasteiger partial charge in [0.15, 0.2) is 11.5 Å². The summed E-state index contributed by atoms with van der Waals surface area (Å²) in [5.41, 5.74) is 2.16. The first-order valence-electron chi connectivity index (χ1n) is 10.5. The Hall–Kier alpha value is -2.60. The molecule has 1 unspecified atom stereocenters. The first-order valence-corrected chi connectivity index (χ1v) is 10.5. The average molecular weight is 396 g/mol. The average Bonchev–Trinajstić information content (AvgIpc) is 2.78. The summed E-state index contributed by atoms with van der Waals surface area (Å²) in [5, 5.41) is 3.18. The molecule has 0 aliphatic carbocycles. The number of rotatable bonds is 6. The van der Waals surface area contributed by atoms with Crippen LogP contribution in [0.5, 0.6) is 11.5 Å². The summed E-state index contributed by atoms with van der Waals surface area (Å²) in [6, 6.07) is 11.9. The van der Waals surface area contributed by atoms with Gasteiger partial charge in [-0.1, -0.05) is 12.1 Å². The maximum absolute atomic E-state index is 12.8. The van der Waals surface area contributed by atoms with Crippen LogP contribution in [0.15, 0.2) is 42.6 Å². The van der Waals surface area contributed by atoms with Gasteiger partial charge in [0.25, 0.3) is 0 Å². The van der Waals surface area contributed by atoms with Crippen LogP contribution in [0.1, 0.15) is 37.1 Å². The molecule has 0 saturated carbocycles. The van der Waals surface area contributed by atoms with Gasteiger partial charge in [0, 0.05) is 30.8 Å². The van der Waals surface area contributed by atoms with Gasteiger partial charge in [0.1, 0.15) is 13.2 Å². The fourth-order valence-electron chi connectivity index (χ4n) is 3.98. The molecule has 3 heterocycles. The second-order valence-corrected chi connectivity index (χ2v) is 7.82. The van der Waals surface area contributed by atoms with Crippen molar-refractivity contribution in [2.45, 2.75) is 32.2 Å². The summed E-state index contributed by atoms with van der Waals surface area (Å²) in [6.07, 6.45) is 4.61. The summed E-state index contributed by atoms with van der Waals surface area (Å²) < 4.78 is 11.2. The fourth-order valence-corrected chi connectivity index (χ4v) is 3.98. The number of benzene rings is 1. The minimum absolute atomic E-state index is 0.0551. The summed E-state index contributed by atoms with van der Waals surface area (Å²) in [5.74, 6) is 1.77. The Bertz CT molecular complexity index is 819. The Morgan fingerprint density at radius 2 is 1.97 bits per heavy atom. The number of nitrogens with zero attached hydrogens (tertiary/aromatic N) is 2. The quantitative estimate of drug-likeness (QED) is 0.815. The summed E-state index contributed by atoms with van der Waals surface area (Å²) in [7, 11) is 0. The van der Waals surface area contributed by atoms with Gasteiger partial charge < -0.3 is 19.7 Å². The van der Waals surface area contributed by atoms with Gasteiger partial charge in [-0.3, -0.25) is 9.78 Å². The molecule has 4 rings (SSSR count). The highest BCUT2D eigenvalue weighted by atomic mass is 16.6. The third-order valence-corrected chi connectivity index (χ3v) is 5.79. The molecule has 6 heteroatoms. The van der Waals surface area contributed by atoms with E-state index in [2.05, 4.69) is 21.3 Å². The number of hydrogen-bond donors (Lipinski definition) is 1. The lowest BCUT2D eigenvalue weighted by Gasteiger charge is -2.32. The van der Waals surface area contributed by atoms with E-state index in [4.69, 9.17) is 9.47 Å². The van der Waals surface area contributed by atoms with E-state index in [9.17, 15) is 4.79 Å². The standard InChI is InChI=1S/C23H29N3O3/c1-17(19-5-6-21-22(16-19)29-15-14-28-21)25-23(27)18-7-11-26(12-8-18)13-9-20-4-2-3-10-24-20/h2-6,10,16-18H,7-9,11-15H2,1H3,(H,25,27). The number of nitrogens with one attached hydrogen (secondary N) is 1. The van der Waals surface area contributed by atoms with Gasteiger partial charge in [-0.25, -0.2) is 0 Å². The third-order valence-electron chi connectivity index (χ3n) is 5.79. The number of fused-ring (bicyclic) bond motifs is 1. The minimum atomic E-state index is -0.0551. The Labute approximate surface area is 172 Å². The molecule has 1 fully saturated rings. The third kappa shape index (κ3) is 5.07. The van der Waals surface area contributed by atoms with Crippen LogP contribution >= 0.6 is 0 Å². The predicted molar refractivity (Wildman–Crippen MR) is 111 cm³/mol. The largest absolute Gasteiger partial charge is 0.486 e. The van der Waals surface area contributed by atoms with Gasteiger partial charge in [0.05, 0.1) is 6.04 Å². The molecule has 1 amide bonds. The Kier molecular flexibility index (Phi) is 6.30. The number of aromatic nitrogens is 1. The molecule has 1 saturated heterocycles. The van der Waals surface area contributed by atoms with Crippen LogP contribution in [-0.2, 0) is 11.2 Å². The van der Waals surface area contributed by atoms with E-state index in [-0.39, 0.29) is 17.9 Å². The summed E-state index contributed by atoms with van der Waals surface area (Å²) in [4.78, 5) is 19.6. The van der Waals surface area contributed by atoms with Gasteiger partial charge >= 0.3 is 0 Å². The molecule has 0 radical (unpaired) electrons. The smallest absolute Gasteiger partial charge is 0.223 e. The molecule has 0 spiro atoms. The lowest BCUT2D eigenvalue weighted by Crippen LogP contribution is -2.41. The number of hydrogen-bond acceptors (Lipinski definition) is 5. The topological polar surface area (TPSA) is 63.7 Å². The van der Waals surface area contributed by atoms with Crippen LogP contribution in [-0.4, -0.2) is 48.6 Å². The van der Waals surface area contributed by atoms with E-state index in [0.717, 1.165) is 61.7 Å². The highest BCUT2D eigenvalue weighted by molar-refractivity contribution is 5.79. The molecule has 2 aliphatic rings. The van der Waals surface area contributed by atoms with Gasteiger partial charge in [0.2, 0.25) is 5.91 Å². The van der Waals surface area contributed by atoms with Gasteiger partial charge in [-0.05, 0) is 62.7 Å². The van der Waals surface area contributed by atoms with E-state index >= 15 is 0 Å². The monoisotopic (exact) mass is 395 g/mol. The Morgan fingerprint density at radius 3 is 2.72 bits per heavy atom. The minimum Gasteiger partial charge on any atom is -0.486 e. The van der Waals surface area contributed by atoms with Crippen molar-refractivity contribution < 1.29 is 14.3 Å². The molecule has 6 nitrogen and oxygen atoms in total. The zero-order valence-electron chi connectivity index (χ0n) is 17.0. The summed E-state index contributed by atoms with van der Waals surface area (Å²) in [6.45, 7) is 6.09. The predicted octanol–water partition coefficient (Wildman–Crippen LogP) is 2.98. The van der Waals surface area contributed by atoms with Gasteiger partial charge in [-0.2, -0.15) is 0 Å². The lowest BCUT2D eigenvalue weighted by molar-refractivity contribution is -0.127. The molecule has 29 heavy (non-hydrogen) atoms. The van der Waals surface area contributed by atoms with Crippen LogP contribution < -0.4 is 14.8 Å². The van der Waals surface area contributed by atoms with E-state index in [1.165, 1.54) is 0 Å². The first-order chi connectivity index (χ1) is 14.2. The van der Waals surface area contributed by atoms with Crippen molar-refractivity contribution in [2.24, 2.45) is 5.92 Å². The number of carbonyl (C=O) groups excluding carboxylic acids is 1. The van der Waals surface area contributed by atoms with Crippen molar-refractivity contribution in [3.05, 3.63) is 53.9 Å². The second kappa shape index (κ2) is 9.27. The number of carbonyl (C=O) groups is 1. The normalized spacial score (nSPS) is 18.2. The van der Waals surface area contributed by atoms with E-state index in [0.29, 0.717) is 13.2 Å². The highest BCUT2D eigenvalue weighted by Gasteiger charge is 2.26. The molecule has 0 bridgehead atoms. The molecular formula is C23H29N3O3. The molecule has 1 atom stereocenters. The highest BCUT2D eigenvalue weighted by Crippen LogP contribution is 2.32. The van der Waals surface area contributed by atoms with Crippen molar-refractivity contribution in [1.82, 2.24) is 15.2 Å². The summed E-state index contributed by atoms with van der Waals surface area (Å²) >= 11 is 0. The van der Waals surface area contributed by atoms with Crippen LogP contribution in [0.25, 0.3) is 0 Å². The van der Waals surface area contributed by atoms with E-state index in [1.807, 2.05) is 43.5 Å². The molecule has 2 aliphatic heterocycles. The molecule has 1 aromatic carbocycles. The molecule has 2 aromatic rings. The SMILES string of the molecule is CC(NC(=O)C1CCN(CCc2ccccn2)CC1)c1ccc2c(c1)OCCO2. The van der Waals surface area contributed by atoms with E-state index < -0.39 is 0 Å².